The molecule has 0 amide bonds. The lowest BCUT2D eigenvalue weighted by Crippen LogP contribution is -2.00. The summed E-state index contributed by atoms with van der Waals surface area (Å²) in [5.41, 5.74) is 3.57. The Morgan fingerprint density at radius 2 is 1.81 bits per heavy atom. The fourth-order valence-electron chi connectivity index (χ4n) is 2.69. The van der Waals surface area contributed by atoms with E-state index in [9.17, 15) is 8.42 Å². The summed E-state index contributed by atoms with van der Waals surface area (Å²) in [6, 6.07) is 12.7. The van der Waals surface area contributed by atoms with Crippen molar-refractivity contribution in [3.05, 3.63) is 59.9 Å². The van der Waals surface area contributed by atoms with Gasteiger partial charge >= 0.3 is 0 Å². The summed E-state index contributed by atoms with van der Waals surface area (Å²) >= 11 is 1.61. The normalized spacial score (nSPS) is 11.6. The average molecular weight is 396 g/mol. The van der Waals surface area contributed by atoms with E-state index in [-0.39, 0.29) is 4.90 Å². The summed E-state index contributed by atoms with van der Waals surface area (Å²) in [6.07, 6.45) is 2.64. The van der Waals surface area contributed by atoms with E-state index in [1.54, 1.807) is 29.5 Å². The number of hydrogen-bond donors (Lipinski definition) is 1. The first kappa shape index (κ1) is 17.6. The third-order valence-corrected chi connectivity index (χ3v) is 6.17. The van der Waals surface area contributed by atoms with E-state index in [1.807, 2.05) is 36.6 Å². The zero-order valence-corrected chi connectivity index (χ0v) is 16.3. The Kier molecular flexibility index (Phi) is 4.37. The zero-order chi connectivity index (χ0) is 19.0. The number of fused-ring (bicyclic) bond motifs is 1. The molecule has 0 bridgehead atoms. The van der Waals surface area contributed by atoms with Crippen molar-refractivity contribution in [1.29, 1.82) is 0 Å². The predicted octanol–water partition coefficient (Wildman–Crippen LogP) is 4.21. The fourth-order valence-corrected chi connectivity index (χ4v) is 4.14. The first-order valence-electron chi connectivity index (χ1n) is 8.14. The van der Waals surface area contributed by atoms with Crippen LogP contribution in [0.1, 0.15) is 5.69 Å². The molecular weight excluding hydrogens is 380 g/mol. The van der Waals surface area contributed by atoms with Crippen molar-refractivity contribution in [3.63, 3.8) is 0 Å². The average Bonchev–Trinajstić information content (AvgIpc) is 3.08. The lowest BCUT2D eigenvalue weighted by molar-refractivity contribution is 0.602. The molecule has 2 aromatic heterocycles. The molecule has 0 aliphatic heterocycles. The van der Waals surface area contributed by atoms with Crippen LogP contribution in [0, 0.1) is 6.92 Å². The van der Waals surface area contributed by atoms with Gasteiger partial charge in [0.1, 0.15) is 17.2 Å². The minimum atomic E-state index is -3.31. The van der Waals surface area contributed by atoms with Crippen molar-refractivity contribution in [2.24, 2.45) is 0 Å². The van der Waals surface area contributed by atoms with E-state index in [4.69, 9.17) is 0 Å². The molecule has 0 unspecified atom stereocenters. The second-order valence-electron chi connectivity index (χ2n) is 6.17. The van der Waals surface area contributed by atoms with Crippen LogP contribution in [0.4, 0.5) is 11.5 Å². The van der Waals surface area contributed by atoms with Gasteiger partial charge in [0.25, 0.3) is 0 Å². The van der Waals surface area contributed by atoms with E-state index >= 15 is 0 Å². The molecule has 6 nitrogen and oxygen atoms in total. The Hall–Kier alpha value is -2.84. The molecule has 0 saturated heterocycles. The summed E-state index contributed by atoms with van der Waals surface area (Å²) < 4.78 is 23.7. The van der Waals surface area contributed by atoms with Gasteiger partial charge < -0.3 is 5.32 Å². The number of aryl methyl sites for hydroxylation is 1. The van der Waals surface area contributed by atoms with Gasteiger partial charge in [0, 0.05) is 34.0 Å². The summed E-state index contributed by atoms with van der Waals surface area (Å²) in [6.45, 7) is 1.97. The highest BCUT2D eigenvalue weighted by Gasteiger charge is 2.11. The van der Waals surface area contributed by atoms with Gasteiger partial charge in [-0.3, -0.25) is 0 Å². The smallest absolute Gasteiger partial charge is 0.175 e. The second kappa shape index (κ2) is 6.71. The number of thiazole rings is 1. The lowest BCUT2D eigenvalue weighted by Gasteiger charge is -2.09. The SMILES string of the molecule is Cc1csc(-c2ccc(Nc3ncnc4ccc(S(C)(=O)=O)cc34)cc2)n1. The summed E-state index contributed by atoms with van der Waals surface area (Å²) in [5.74, 6) is 0.559. The van der Waals surface area contributed by atoms with E-state index in [2.05, 4.69) is 20.3 Å². The van der Waals surface area contributed by atoms with E-state index in [1.165, 1.54) is 12.6 Å². The molecule has 4 rings (SSSR count). The van der Waals surface area contributed by atoms with Gasteiger partial charge in [0.05, 0.1) is 10.4 Å². The number of rotatable bonds is 4. The number of hydrogen-bond acceptors (Lipinski definition) is 7. The Bertz CT molecular complexity index is 1230. The molecular formula is C19H16N4O2S2. The highest BCUT2D eigenvalue weighted by Crippen LogP contribution is 2.28. The van der Waals surface area contributed by atoms with Gasteiger partial charge in [-0.05, 0) is 49.4 Å². The van der Waals surface area contributed by atoms with Crippen molar-refractivity contribution < 1.29 is 8.42 Å². The first-order valence-corrected chi connectivity index (χ1v) is 10.9. The number of sulfone groups is 1. The third-order valence-electron chi connectivity index (χ3n) is 4.05. The van der Waals surface area contributed by atoms with Gasteiger partial charge in [-0.1, -0.05) is 0 Å². The van der Waals surface area contributed by atoms with Crippen LogP contribution >= 0.6 is 11.3 Å². The van der Waals surface area contributed by atoms with Crippen LogP contribution in [0.3, 0.4) is 0 Å². The maximum absolute atomic E-state index is 11.9. The van der Waals surface area contributed by atoms with Gasteiger partial charge in [0.15, 0.2) is 9.84 Å². The molecule has 2 heterocycles. The fraction of sp³-hybridized carbons (Fsp3) is 0.105. The number of nitrogens with zero attached hydrogens (tertiary/aromatic N) is 3. The molecule has 0 spiro atoms. The number of benzene rings is 2. The Labute approximate surface area is 160 Å². The highest BCUT2D eigenvalue weighted by atomic mass is 32.2. The quantitative estimate of drug-likeness (QED) is 0.556. The van der Waals surface area contributed by atoms with Gasteiger partial charge in [-0.2, -0.15) is 0 Å². The van der Waals surface area contributed by atoms with Crippen LogP contribution < -0.4 is 5.32 Å². The Balaban J connectivity index is 1.68. The van der Waals surface area contributed by atoms with E-state index in [0.29, 0.717) is 16.7 Å². The molecule has 0 atom stereocenters. The molecule has 0 radical (unpaired) electrons. The summed E-state index contributed by atoms with van der Waals surface area (Å²) in [7, 11) is -3.31. The Morgan fingerprint density at radius 1 is 1.04 bits per heavy atom. The van der Waals surface area contributed by atoms with E-state index in [0.717, 1.165) is 22.0 Å². The highest BCUT2D eigenvalue weighted by molar-refractivity contribution is 7.90. The van der Waals surface area contributed by atoms with Crippen LogP contribution in [0.25, 0.3) is 21.5 Å². The topological polar surface area (TPSA) is 84.8 Å². The van der Waals surface area contributed by atoms with Crippen molar-refractivity contribution in [3.8, 4) is 10.6 Å². The van der Waals surface area contributed by atoms with Crippen molar-refractivity contribution in [2.75, 3.05) is 11.6 Å². The summed E-state index contributed by atoms with van der Waals surface area (Å²) in [4.78, 5) is 13.2. The van der Waals surface area contributed by atoms with Crippen LogP contribution in [-0.4, -0.2) is 29.6 Å². The molecule has 0 aliphatic rings. The molecule has 8 heteroatoms. The minimum Gasteiger partial charge on any atom is -0.340 e. The number of anilines is 2. The van der Waals surface area contributed by atoms with Crippen LogP contribution in [0.5, 0.6) is 0 Å². The lowest BCUT2D eigenvalue weighted by atomic mass is 10.2. The molecule has 2 aromatic carbocycles. The van der Waals surface area contributed by atoms with Gasteiger partial charge in [-0.25, -0.2) is 23.4 Å². The first-order chi connectivity index (χ1) is 12.9. The maximum Gasteiger partial charge on any atom is 0.175 e. The minimum absolute atomic E-state index is 0.238. The van der Waals surface area contributed by atoms with Gasteiger partial charge in [0.2, 0.25) is 0 Å². The zero-order valence-electron chi connectivity index (χ0n) is 14.7. The Morgan fingerprint density at radius 3 is 2.48 bits per heavy atom. The molecule has 0 fully saturated rings. The number of aromatic nitrogens is 3. The largest absolute Gasteiger partial charge is 0.340 e. The molecule has 27 heavy (non-hydrogen) atoms. The molecule has 4 aromatic rings. The number of nitrogens with one attached hydrogen (secondary N) is 1. The molecule has 0 saturated carbocycles. The van der Waals surface area contributed by atoms with Crippen molar-refractivity contribution >= 4 is 43.6 Å². The molecule has 1 N–H and O–H groups in total. The molecule has 136 valence electrons. The summed E-state index contributed by atoms with van der Waals surface area (Å²) in [5, 5.41) is 6.90. The predicted molar refractivity (Wildman–Crippen MR) is 108 cm³/mol. The monoisotopic (exact) mass is 396 g/mol. The maximum atomic E-state index is 11.9. The van der Waals surface area contributed by atoms with Crippen molar-refractivity contribution in [1.82, 2.24) is 15.0 Å². The standard InChI is InChI=1S/C19H16N4O2S2/c1-12-10-26-19(22-12)13-3-5-14(6-4-13)23-18-16-9-15(27(2,24)25)7-8-17(16)20-11-21-18/h3-11H,1-2H3,(H,20,21,23). The van der Waals surface area contributed by atoms with Crippen LogP contribution in [0.15, 0.2) is 59.1 Å². The second-order valence-corrected chi connectivity index (χ2v) is 9.04. The molecule has 0 aliphatic carbocycles. The van der Waals surface area contributed by atoms with Gasteiger partial charge in [-0.15, -0.1) is 11.3 Å². The van der Waals surface area contributed by atoms with Crippen LogP contribution in [0.2, 0.25) is 0 Å². The van der Waals surface area contributed by atoms with Crippen molar-refractivity contribution in [2.45, 2.75) is 11.8 Å². The van der Waals surface area contributed by atoms with E-state index < -0.39 is 9.84 Å². The van der Waals surface area contributed by atoms with Crippen LogP contribution in [-0.2, 0) is 9.84 Å². The third kappa shape index (κ3) is 3.67.